The molecule has 0 aliphatic carbocycles. The van der Waals surface area contributed by atoms with Gasteiger partial charge in [0.15, 0.2) is 0 Å². The molecule has 0 spiro atoms. The molecule has 70 valence electrons. The molecule has 0 aliphatic rings. The summed E-state index contributed by atoms with van der Waals surface area (Å²) in [7, 11) is 0. The van der Waals surface area contributed by atoms with E-state index >= 15 is 0 Å². The normalized spacial score (nSPS) is 11.2. The van der Waals surface area contributed by atoms with Crippen molar-refractivity contribution in [3.63, 3.8) is 0 Å². The summed E-state index contributed by atoms with van der Waals surface area (Å²) in [6.07, 6.45) is 1.77. The van der Waals surface area contributed by atoms with Crippen LogP contribution in [0.3, 0.4) is 0 Å². The van der Waals surface area contributed by atoms with Gasteiger partial charge in [-0.05, 0) is 19.1 Å². The highest BCUT2D eigenvalue weighted by molar-refractivity contribution is 5.88. The number of fused-ring (bicyclic) bond motifs is 1. The third-order valence-electron chi connectivity index (χ3n) is 1.93. The minimum atomic E-state index is 0.698. The summed E-state index contributed by atoms with van der Waals surface area (Å²) >= 11 is 0. The second-order valence-corrected chi connectivity index (χ2v) is 2.91. The molecular formula is C11H11N3. The number of hydrogen-bond donors (Lipinski definition) is 0. The van der Waals surface area contributed by atoms with Gasteiger partial charge in [-0.25, -0.2) is 0 Å². The average molecular weight is 185 g/mol. The first kappa shape index (κ1) is 8.81. The number of hydrogen-bond acceptors (Lipinski definition) is 3. The van der Waals surface area contributed by atoms with Crippen molar-refractivity contribution in [3.05, 3.63) is 36.5 Å². The van der Waals surface area contributed by atoms with Crippen molar-refractivity contribution in [2.75, 3.05) is 6.54 Å². The van der Waals surface area contributed by atoms with E-state index in [4.69, 9.17) is 0 Å². The Kier molecular flexibility index (Phi) is 2.49. The van der Waals surface area contributed by atoms with Gasteiger partial charge in [0, 0.05) is 11.6 Å². The van der Waals surface area contributed by atoms with E-state index in [0.717, 1.165) is 16.6 Å². The zero-order valence-electron chi connectivity index (χ0n) is 8.01. The Labute approximate surface area is 82.5 Å². The average Bonchev–Trinajstić information content (AvgIpc) is 2.26. The van der Waals surface area contributed by atoms with Crippen molar-refractivity contribution < 1.29 is 0 Å². The van der Waals surface area contributed by atoms with E-state index in [0.29, 0.717) is 6.54 Å². The van der Waals surface area contributed by atoms with Gasteiger partial charge in [-0.1, -0.05) is 18.2 Å². The second kappa shape index (κ2) is 3.96. The van der Waals surface area contributed by atoms with Crippen LogP contribution in [0.25, 0.3) is 10.9 Å². The lowest BCUT2D eigenvalue weighted by Gasteiger charge is -1.98. The van der Waals surface area contributed by atoms with Gasteiger partial charge in [0.1, 0.15) is 5.69 Å². The Bertz CT molecular complexity index is 458. The highest BCUT2D eigenvalue weighted by Gasteiger charge is 1.98. The lowest BCUT2D eigenvalue weighted by Crippen LogP contribution is -1.77. The zero-order valence-corrected chi connectivity index (χ0v) is 8.01. The van der Waals surface area contributed by atoms with Crippen molar-refractivity contribution in [2.24, 2.45) is 10.2 Å². The van der Waals surface area contributed by atoms with E-state index in [1.165, 1.54) is 0 Å². The van der Waals surface area contributed by atoms with Gasteiger partial charge in [-0.3, -0.25) is 4.98 Å². The smallest absolute Gasteiger partial charge is 0.111 e. The lowest BCUT2D eigenvalue weighted by molar-refractivity contribution is 1.01. The predicted octanol–water partition coefficient (Wildman–Crippen LogP) is 3.34. The predicted molar refractivity (Wildman–Crippen MR) is 56.8 cm³/mol. The zero-order chi connectivity index (χ0) is 9.80. The minimum absolute atomic E-state index is 0.698. The minimum Gasteiger partial charge on any atom is -0.254 e. The maximum atomic E-state index is 4.28. The molecule has 1 aromatic carbocycles. The molecule has 0 atom stereocenters. The Morgan fingerprint density at radius 2 is 2.07 bits per heavy atom. The van der Waals surface area contributed by atoms with Crippen molar-refractivity contribution in [3.8, 4) is 0 Å². The molecule has 0 fully saturated rings. The first-order valence-corrected chi connectivity index (χ1v) is 4.63. The number of pyridine rings is 1. The summed E-state index contributed by atoms with van der Waals surface area (Å²) < 4.78 is 0. The highest BCUT2D eigenvalue weighted by Crippen LogP contribution is 2.23. The summed E-state index contributed by atoms with van der Waals surface area (Å²) in [5.41, 5.74) is 1.75. The molecule has 0 aliphatic heterocycles. The Balaban J connectivity index is 2.59. The van der Waals surface area contributed by atoms with Crippen LogP contribution in [-0.4, -0.2) is 11.5 Å². The molecule has 14 heavy (non-hydrogen) atoms. The van der Waals surface area contributed by atoms with Gasteiger partial charge < -0.3 is 0 Å². The first-order valence-electron chi connectivity index (χ1n) is 4.63. The fraction of sp³-hybridized carbons (Fsp3) is 0.182. The molecular weight excluding hydrogens is 174 g/mol. The van der Waals surface area contributed by atoms with Crippen LogP contribution in [-0.2, 0) is 0 Å². The van der Waals surface area contributed by atoms with E-state index in [9.17, 15) is 0 Å². The van der Waals surface area contributed by atoms with Crippen LogP contribution in [0.5, 0.6) is 0 Å². The summed E-state index contributed by atoms with van der Waals surface area (Å²) in [5.74, 6) is 0. The number of para-hydroxylation sites is 1. The Morgan fingerprint density at radius 3 is 2.93 bits per heavy atom. The summed E-state index contributed by atoms with van der Waals surface area (Å²) in [4.78, 5) is 4.28. The molecule has 0 unspecified atom stereocenters. The van der Waals surface area contributed by atoms with E-state index < -0.39 is 0 Å². The Morgan fingerprint density at radius 1 is 1.21 bits per heavy atom. The molecule has 1 aromatic heterocycles. The van der Waals surface area contributed by atoms with Crippen LogP contribution < -0.4 is 0 Å². The van der Waals surface area contributed by atoms with E-state index in [2.05, 4.69) is 15.2 Å². The van der Waals surface area contributed by atoms with Gasteiger partial charge in [-0.2, -0.15) is 10.2 Å². The fourth-order valence-electron chi connectivity index (χ4n) is 1.32. The molecule has 2 rings (SSSR count). The quantitative estimate of drug-likeness (QED) is 0.661. The largest absolute Gasteiger partial charge is 0.254 e. The molecule has 0 N–H and O–H groups in total. The summed E-state index contributed by atoms with van der Waals surface area (Å²) in [6, 6.07) is 9.85. The monoisotopic (exact) mass is 185 g/mol. The molecule has 0 saturated heterocycles. The van der Waals surface area contributed by atoms with Crippen LogP contribution in [0, 0.1) is 0 Å². The van der Waals surface area contributed by atoms with Crippen molar-refractivity contribution >= 4 is 16.6 Å². The van der Waals surface area contributed by atoms with Gasteiger partial charge in [0.2, 0.25) is 0 Å². The summed E-state index contributed by atoms with van der Waals surface area (Å²) in [6.45, 7) is 2.66. The topological polar surface area (TPSA) is 37.6 Å². The standard InChI is InChI=1S/C11H11N3/c1-2-13-14-10-7-3-5-9-6-4-8-12-11(9)10/h3-8H,2H2,1H3. The van der Waals surface area contributed by atoms with Gasteiger partial charge in [0.05, 0.1) is 12.1 Å². The van der Waals surface area contributed by atoms with Crippen molar-refractivity contribution in [1.29, 1.82) is 0 Å². The molecule has 1 heterocycles. The van der Waals surface area contributed by atoms with Crippen LogP contribution in [0.2, 0.25) is 0 Å². The maximum absolute atomic E-state index is 4.28. The molecule has 0 saturated carbocycles. The van der Waals surface area contributed by atoms with Crippen molar-refractivity contribution in [1.82, 2.24) is 4.98 Å². The van der Waals surface area contributed by atoms with Crippen LogP contribution >= 0.6 is 0 Å². The van der Waals surface area contributed by atoms with Crippen LogP contribution in [0.4, 0.5) is 5.69 Å². The van der Waals surface area contributed by atoms with Gasteiger partial charge in [-0.15, -0.1) is 0 Å². The van der Waals surface area contributed by atoms with Crippen LogP contribution in [0.1, 0.15) is 6.92 Å². The number of aromatic nitrogens is 1. The SMILES string of the molecule is CCN=Nc1cccc2cccnc12. The van der Waals surface area contributed by atoms with Crippen LogP contribution in [0.15, 0.2) is 46.8 Å². The van der Waals surface area contributed by atoms with E-state index in [1.807, 2.05) is 37.3 Å². The molecule has 2 aromatic rings. The van der Waals surface area contributed by atoms with Crippen molar-refractivity contribution in [2.45, 2.75) is 6.92 Å². The third-order valence-corrected chi connectivity index (χ3v) is 1.93. The summed E-state index contributed by atoms with van der Waals surface area (Å²) in [5, 5.41) is 9.19. The van der Waals surface area contributed by atoms with Gasteiger partial charge in [0.25, 0.3) is 0 Å². The number of azo groups is 1. The number of nitrogens with zero attached hydrogens (tertiary/aromatic N) is 3. The molecule has 0 amide bonds. The molecule has 3 nitrogen and oxygen atoms in total. The highest BCUT2D eigenvalue weighted by atomic mass is 15.1. The Hall–Kier alpha value is -1.77. The number of benzene rings is 1. The number of rotatable bonds is 2. The van der Waals surface area contributed by atoms with E-state index in [-0.39, 0.29) is 0 Å². The molecule has 3 heteroatoms. The van der Waals surface area contributed by atoms with E-state index in [1.54, 1.807) is 6.20 Å². The third kappa shape index (κ3) is 1.62. The maximum Gasteiger partial charge on any atom is 0.111 e. The molecule has 0 radical (unpaired) electrons. The van der Waals surface area contributed by atoms with Gasteiger partial charge >= 0.3 is 0 Å². The lowest BCUT2D eigenvalue weighted by atomic mass is 10.2. The second-order valence-electron chi connectivity index (χ2n) is 2.91. The molecule has 0 bridgehead atoms. The fourth-order valence-corrected chi connectivity index (χ4v) is 1.32. The first-order chi connectivity index (χ1) is 6.92.